The van der Waals surface area contributed by atoms with Crippen LogP contribution in [0.25, 0.3) is 6.08 Å². The molecule has 1 saturated heterocycles. The fourth-order valence-electron chi connectivity index (χ4n) is 2.98. The fourth-order valence-corrected chi connectivity index (χ4v) is 2.98. The Balaban J connectivity index is 1.67. The number of rotatable bonds is 9. The van der Waals surface area contributed by atoms with Gasteiger partial charge in [-0.1, -0.05) is 30.3 Å². The standard InChI is InChI=1S/C22H23NO5/c24-21-7-4-12-23(21)13-14-27-19-10-8-18(9-11-22(25)26)20(15-19)28-16-17-5-2-1-3-6-17/h1-3,5-6,8-11,15H,4,7,12-14,16H2,(H,25,26)/b11-9+. The molecule has 1 aliphatic heterocycles. The van der Waals surface area contributed by atoms with Gasteiger partial charge in [0.1, 0.15) is 24.7 Å². The highest BCUT2D eigenvalue weighted by Gasteiger charge is 2.19. The van der Waals surface area contributed by atoms with E-state index in [0.717, 1.165) is 24.6 Å². The molecule has 28 heavy (non-hydrogen) atoms. The Morgan fingerprint density at radius 2 is 1.96 bits per heavy atom. The van der Waals surface area contributed by atoms with Gasteiger partial charge in [-0.2, -0.15) is 0 Å². The number of benzene rings is 2. The van der Waals surface area contributed by atoms with Crippen LogP contribution in [0.1, 0.15) is 24.0 Å². The molecule has 1 fully saturated rings. The molecule has 0 aromatic heterocycles. The van der Waals surface area contributed by atoms with Crippen LogP contribution in [0.15, 0.2) is 54.6 Å². The van der Waals surface area contributed by atoms with E-state index in [4.69, 9.17) is 14.6 Å². The van der Waals surface area contributed by atoms with E-state index >= 15 is 0 Å². The van der Waals surface area contributed by atoms with Crippen molar-refractivity contribution < 1.29 is 24.2 Å². The number of nitrogens with zero attached hydrogens (tertiary/aromatic N) is 1. The number of carboxylic acids is 1. The zero-order valence-corrected chi connectivity index (χ0v) is 15.5. The van der Waals surface area contributed by atoms with Gasteiger partial charge in [-0.25, -0.2) is 4.79 Å². The lowest BCUT2D eigenvalue weighted by Gasteiger charge is -2.16. The van der Waals surface area contributed by atoms with Crippen molar-refractivity contribution in [3.8, 4) is 11.5 Å². The molecule has 0 aliphatic carbocycles. The van der Waals surface area contributed by atoms with Crippen LogP contribution in [0.2, 0.25) is 0 Å². The van der Waals surface area contributed by atoms with Crippen LogP contribution in [0, 0.1) is 0 Å². The monoisotopic (exact) mass is 381 g/mol. The molecule has 6 nitrogen and oxygen atoms in total. The number of carboxylic acid groups (broad SMARTS) is 1. The number of likely N-dealkylation sites (tertiary alicyclic amines) is 1. The summed E-state index contributed by atoms with van der Waals surface area (Å²) in [5.74, 6) is 0.299. The maximum atomic E-state index is 11.7. The second kappa shape index (κ2) is 9.60. The summed E-state index contributed by atoms with van der Waals surface area (Å²) in [6.07, 6.45) is 4.09. The third kappa shape index (κ3) is 5.61. The van der Waals surface area contributed by atoms with E-state index in [1.165, 1.54) is 6.08 Å². The van der Waals surface area contributed by atoms with E-state index in [9.17, 15) is 9.59 Å². The number of carbonyl (C=O) groups excluding carboxylic acids is 1. The zero-order valence-electron chi connectivity index (χ0n) is 15.5. The van der Waals surface area contributed by atoms with E-state index in [1.807, 2.05) is 30.3 Å². The summed E-state index contributed by atoms with van der Waals surface area (Å²) >= 11 is 0. The van der Waals surface area contributed by atoms with E-state index in [-0.39, 0.29) is 5.91 Å². The number of amides is 1. The minimum Gasteiger partial charge on any atom is -0.492 e. The van der Waals surface area contributed by atoms with Gasteiger partial charge in [0.2, 0.25) is 5.91 Å². The lowest BCUT2D eigenvalue weighted by Crippen LogP contribution is -2.29. The summed E-state index contributed by atoms with van der Waals surface area (Å²) < 4.78 is 11.7. The molecule has 1 N–H and O–H groups in total. The predicted molar refractivity (Wildman–Crippen MR) is 105 cm³/mol. The summed E-state index contributed by atoms with van der Waals surface area (Å²) in [5, 5.41) is 8.89. The Bertz CT molecular complexity index is 847. The molecule has 3 rings (SSSR count). The van der Waals surface area contributed by atoms with Crippen molar-refractivity contribution in [3.63, 3.8) is 0 Å². The molecule has 1 aliphatic rings. The number of hydrogen-bond donors (Lipinski definition) is 1. The summed E-state index contributed by atoms with van der Waals surface area (Å²) in [6, 6.07) is 15.0. The minimum atomic E-state index is -1.02. The van der Waals surface area contributed by atoms with Gasteiger partial charge < -0.3 is 19.5 Å². The molecule has 2 aromatic rings. The largest absolute Gasteiger partial charge is 0.492 e. The second-order valence-electron chi connectivity index (χ2n) is 6.48. The molecule has 1 amide bonds. The van der Waals surface area contributed by atoms with Gasteiger partial charge in [-0.15, -0.1) is 0 Å². The molecule has 0 bridgehead atoms. The number of ether oxygens (including phenoxy) is 2. The molecule has 1 heterocycles. The highest BCUT2D eigenvalue weighted by atomic mass is 16.5. The number of aliphatic carboxylic acids is 1. The Kier molecular flexibility index (Phi) is 6.68. The zero-order chi connectivity index (χ0) is 19.8. The Morgan fingerprint density at radius 1 is 1.14 bits per heavy atom. The van der Waals surface area contributed by atoms with Crippen LogP contribution >= 0.6 is 0 Å². The van der Waals surface area contributed by atoms with Crippen LogP contribution in [-0.2, 0) is 16.2 Å². The van der Waals surface area contributed by atoms with Gasteiger partial charge in [0.25, 0.3) is 0 Å². The summed E-state index contributed by atoms with van der Waals surface area (Å²) in [6.45, 7) is 2.10. The smallest absolute Gasteiger partial charge is 0.328 e. The first-order valence-corrected chi connectivity index (χ1v) is 9.24. The first-order valence-electron chi connectivity index (χ1n) is 9.24. The van der Waals surface area contributed by atoms with Gasteiger partial charge in [0.15, 0.2) is 0 Å². The van der Waals surface area contributed by atoms with Crippen LogP contribution in [-0.4, -0.2) is 41.6 Å². The molecular formula is C22H23NO5. The van der Waals surface area contributed by atoms with Crippen molar-refractivity contribution in [2.75, 3.05) is 19.7 Å². The summed E-state index contributed by atoms with van der Waals surface area (Å²) in [7, 11) is 0. The van der Waals surface area contributed by atoms with Crippen molar-refractivity contribution in [3.05, 3.63) is 65.7 Å². The van der Waals surface area contributed by atoms with Gasteiger partial charge in [-0.3, -0.25) is 4.79 Å². The third-order valence-corrected chi connectivity index (χ3v) is 4.43. The van der Waals surface area contributed by atoms with Crippen molar-refractivity contribution in [2.24, 2.45) is 0 Å². The van der Waals surface area contributed by atoms with Crippen molar-refractivity contribution >= 4 is 18.0 Å². The third-order valence-electron chi connectivity index (χ3n) is 4.43. The molecule has 0 unspecified atom stereocenters. The normalized spacial score (nSPS) is 13.9. The van der Waals surface area contributed by atoms with Gasteiger partial charge in [0.05, 0.1) is 6.54 Å². The predicted octanol–water partition coefficient (Wildman–Crippen LogP) is 3.36. The molecule has 0 atom stereocenters. The highest BCUT2D eigenvalue weighted by Crippen LogP contribution is 2.27. The Morgan fingerprint density at radius 3 is 2.68 bits per heavy atom. The van der Waals surface area contributed by atoms with Crippen LogP contribution < -0.4 is 9.47 Å². The average molecular weight is 381 g/mol. The lowest BCUT2D eigenvalue weighted by atomic mass is 10.1. The molecule has 0 spiro atoms. The van der Waals surface area contributed by atoms with E-state index < -0.39 is 5.97 Å². The maximum absolute atomic E-state index is 11.7. The van der Waals surface area contributed by atoms with E-state index in [2.05, 4.69) is 0 Å². The molecular weight excluding hydrogens is 358 g/mol. The van der Waals surface area contributed by atoms with Crippen molar-refractivity contribution in [1.29, 1.82) is 0 Å². The number of hydrogen-bond acceptors (Lipinski definition) is 4. The summed E-state index contributed by atoms with van der Waals surface area (Å²) in [5.41, 5.74) is 1.66. The van der Waals surface area contributed by atoms with Gasteiger partial charge in [0, 0.05) is 30.7 Å². The number of carbonyl (C=O) groups is 2. The molecule has 0 saturated carbocycles. The van der Waals surface area contributed by atoms with E-state index in [1.54, 1.807) is 23.1 Å². The highest BCUT2D eigenvalue weighted by molar-refractivity contribution is 5.86. The Labute approximate surface area is 164 Å². The van der Waals surface area contributed by atoms with Crippen LogP contribution in [0.5, 0.6) is 11.5 Å². The fraction of sp³-hybridized carbons (Fsp3) is 0.273. The molecule has 6 heteroatoms. The minimum absolute atomic E-state index is 0.171. The first kappa shape index (κ1) is 19.5. The van der Waals surface area contributed by atoms with E-state index in [0.29, 0.717) is 43.2 Å². The van der Waals surface area contributed by atoms with Crippen molar-refractivity contribution in [1.82, 2.24) is 4.90 Å². The lowest BCUT2D eigenvalue weighted by molar-refractivity contribution is -0.131. The van der Waals surface area contributed by atoms with Crippen LogP contribution in [0.4, 0.5) is 0 Å². The van der Waals surface area contributed by atoms with Gasteiger partial charge >= 0.3 is 5.97 Å². The van der Waals surface area contributed by atoms with Crippen LogP contribution in [0.3, 0.4) is 0 Å². The quantitative estimate of drug-likeness (QED) is 0.674. The average Bonchev–Trinajstić information content (AvgIpc) is 3.11. The first-order chi connectivity index (χ1) is 13.6. The molecule has 0 radical (unpaired) electrons. The summed E-state index contributed by atoms with van der Waals surface area (Å²) in [4.78, 5) is 24.3. The SMILES string of the molecule is O=C(O)/C=C/c1ccc(OCCN2CCCC2=O)cc1OCc1ccccc1. The second-order valence-corrected chi connectivity index (χ2v) is 6.48. The van der Waals surface area contributed by atoms with Crippen molar-refractivity contribution in [2.45, 2.75) is 19.4 Å². The Hall–Kier alpha value is -3.28. The topological polar surface area (TPSA) is 76.1 Å². The maximum Gasteiger partial charge on any atom is 0.328 e. The molecule has 146 valence electrons. The molecule has 2 aromatic carbocycles. The van der Waals surface area contributed by atoms with Gasteiger partial charge in [-0.05, 0) is 30.2 Å².